The van der Waals surface area contributed by atoms with E-state index in [9.17, 15) is 4.39 Å². The minimum Gasteiger partial charge on any atom is -0.494 e. The second kappa shape index (κ2) is 7.70. The molecule has 2 rings (SSSR count). The maximum Gasteiger partial charge on any atom is 0.123 e. The first-order chi connectivity index (χ1) is 9.75. The Balaban J connectivity index is 1.60. The summed E-state index contributed by atoms with van der Waals surface area (Å²) >= 11 is 5.98. The molecule has 0 radical (unpaired) electrons. The van der Waals surface area contributed by atoms with Crippen LogP contribution >= 0.6 is 11.6 Å². The van der Waals surface area contributed by atoms with Gasteiger partial charge in [-0.3, -0.25) is 4.98 Å². The fourth-order valence-electron chi connectivity index (χ4n) is 1.69. The molecule has 0 bridgehead atoms. The lowest BCUT2D eigenvalue weighted by Crippen LogP contribution is -2.05. The molecule has 1 N–H and O–H groups in total. The van der Waals surface area contributed by atoms with Crippen molar-refractivity contribution < 1.29 is 9.13 Å². The Morgan fingerprint density at radius 1 is 1.15 bits per heavy atom. The SMILES string of the molecule is Fc1ccc(OCCCCNc2ccncc2Cl)cc1. The molecule has 2 aromatic rings. The molecule has 0 aliphatic heterocycles. The number of rotatable bonds is 7. The maximum absolute atomic E-state index is 12.7. The Morgan fingerprint density at radius 3 is 2.70 bits per heavy atom. The quantitative estimate of drug-likeness (QED) is 0.779. The van der Waals surface area contributed by atoms with Gasteiger partial charge in [-0.15, -0.1) is 0 Å². The van der Waals surface area contributed by atoms with E-state index in [1.807, 2.05) is 6.07 Å². The second-order valence-electron chi connectivity index (χ2n) is 4.29. The normalized spacial score (nSPS) is 10.3. The zero-order valence-electron chi connectivity index (χ0n) is 11.0. The highest BCUT2D eigenvalue weighted by Crippen LogP contribution is 2.19. The number of ether oxygens (including phenoxy) is 1. The molecule has 0 spiro atoms. The van der Waals surface area contributed by atoms with E-state index in [-0.39, 0.29) is 5.82 Å². The van der Waals surface area contributed by atoms with Crippen LogP contribution in [0.5, 0.6) is 5.75 Å². The minimum atomic E-state index is -0.254. The third kappa shape index (κ3) is 4.70. The van der Waals surface area contributed by atoms with E-state index in [4.69, 9.17) is 16.3 Å². The lowest BCUT2D eigenvalue weighted by atomic mass is 10.3. The van der Waals surface area contributed by atoms with Gasteiger partial charge in [0.15, 0.2) is 0 Å². The average molecular weight is 295 g/mol. The van der Waals surface area contributed by atoms with E-state index >= 15 is 0 Å². The van der Waals surface area contributed by atoms with Crippen LogP contribution in [0.2, 0.25) is 5.02 Å². The summed E-state index contributed by atoms with van der Waals surface area (Å²) in [4.78, 5) is 3.92. The van der Waals surface area contributed by atoms with Crippen molar-refractivity contribution in [3.8, 4) is 5.75 Å². The van der Waals surface area contributed by atoms with Crippen LogP contribution < -0.4 is 10.1 Å². The van der Waals surface area contributed by atoms with Crippen LogP contribution in [0, 0.1) is 5.82 Å². The Bertz CT molecular complexity index is 534. The predicted molar refractivity (Wildman–Crippen MR) is 78.9 cm³/mol. The number of nitrogens with zero attached hydrogens (tertiary/aromatic N) is 1. The van der Waals surface area contributed by atoms with E-state index < -0.39 is 0 Å². The summed E-state index contributed by atoms with van der Waals surface area (Å²) in [5.41, 5.74) is 0.890. The Kier molecular flexibility index (Phi) is 5.62. The summed E-state index contributed by atoms with van der Waals surface area (Å²) in [5, 5.41) is 3.86. The van der Waals surface area contributed by atoms with Gasteiger partial charge in [-0.25, -0.2) is 4.39 Å². The highest BCUT2D eigenvalue weighted by molar-refractivity contribution is 6.33. The second-order valence-corrected chi connectivity index (χ2v) is 4.70. The zero-order chi connectivity index (χ0) is 14.2. The molecule has 0 fully saturated rings. The molecule has 1 aromatic heterocycles. The van der Waals surface area contributed by atoms with Crippen LogP contribution in [0.3, 0.4) is 0 Å². The molecule has 0 atom stereocenters. The van der Waals surface area contributed by atoms with Crippen LogP contribution in [0.1, 0.15) is 12.8 Å². The molecule has 0 amide bonds. The molecule has 3 nitrogen and oxygen atoms in total. The third-order valence-electron chi connectivity index (χ3n) is 2.74. The first-order valence-electron chi connectivity index (χ1n) is 6.47. The monoisotopic (exact) mass is 294 g/mol. The minimum absolute atomic E-state index is 0.254. The molecule has 0 aliphatic carbocycles. The van der Waals surface area contributed by atoms with Crippen LogP contribution in [0.15, 0.2) is 42.7 Å². The number of hydrogen-bond donors (Lipinski definition) is 1. The molecule has 106 valence electrons. The van der Waals surface area contributed by atoms with E-state index in [1.165, 1.54) is 12.1 Å². The average Bonchev–Trinajstić information content (AvgIpc) is 2.46. The van der Waals surface area contributed by atoms with Crippen LogP contribution in [-0.2, 0) is 0 Å². The van der Waals surface area contributed by atoms with Crippen molar-refractivity contribution in [2.45, 2.75) is 12.8 Å². The van der Waals surface area contributed by atoms with Crippen molar-refractivity contribution in [2.75, 3.05) is 18.5 Å². The lowest BCUT2D eigenvalue weighted by molar-refractivity contribution is 0.308. The van der Waals surface area contributed by atoms with Crippen LogP contribution in [0.4, 0.5) is 10.1 Å². The maximum atomic E-state index is 12.7. The van der Waals surface area contributed by atoms with Crippen molar-refractivity contribution in [1.29, 1.82) is 0 Å². The Hall–Kier alpha value is -1.81. The lowest BCUT2D eigenvalue weighted by Gasteiger charge is -2.08. The smallest absolute Gasteiger partial charge is 0.123 e. The summed E-state index contributed by atoms with van der Waals surface area (Å²) in [6.07, 6.45) is 5.18. The van der Waals surface area contributed by atoms with Crippen molar-refractivity contribution in [3.05, 3.63) is 53.6 Å². The van der Waals surface area contributed by atoms with Gasteiger partial charge in [-0.1, -0.05) is 11.6 Å². The van der Waals surface area contributed by atoms with Gasteiger partial charge in [0.1, 0.15) is 11.6 Å². The van der Waals surface area contributed by atoms with Crippen molar-refractivity contribution >= 4 is 17.3 Å². The molecule has 0 saturated carbocycles. The molecular formula is C15H16ClFN2O. The van der Waals surface area contributed by atoms with E-state index in [1.54, 1.807) is 24.5 Å². The van der Waals surface area contributed by atoms with E-state index in [0.717, 1.165) is 25.1 Å². The van der Waals surface area contributed by atoms with Crippen LogP contribution in [-0.4, -0.2) is 18.1 Å². The summed E-state index contributed by atoms with van der Waals surface area (Å²) in [6.45, 7) is 1.42. The fourth-order valence-corrected chi connectivity index (χ4v) is 1.88. The number of hydrogen-bond acceptors (Lipinski definition) is 3. The number of unbranched alkanes of at least 4 members (excludes halogenated alkanes) is 1. The third-order valence-corrected chi connectivity index (χ3v) is 3.04. The van der Waals surface area contributed by atoms with E-state index in [0.29, 0.717) is 17.4 Å². The standard InChI is InChI=1S/C15H16ClFN2O/c16-14-11-18-9-7-15(14)19-8-1-2-10-20-13-5-3-12(17)4-6-13/h3-7,9,11H,1-2,8,10H2,(H,18,19). The molecule has 1 heterocycles. The summed E-state index contributed by atoms with van der Waals surface area (Å²) in [6, 6.07) is 7.89. The van der Waals surface area contributed by atoms with Gasteiger partial charge in [0.05, 0.1) is 17.3 Å². The number of pyridine rings is 1. The Morgan fingerprint density at radius 2 is 1.95 bits per heavy atom. The Labute approximate surface area is 122 Å². The number of benzene rings is 1. The number of aromatic nitrogens is 1. The topological polar surface area (TPSA) is 34.1 Å². The summed E-state index contributed by atoms with van der Waals surface area (Å²) in [5.74, 6) is 0.437. The molecule has 1 aromatic carbocycles. The van der Waals surface area contributed by atoms with Gasteiger partial charge >= 0.3 is 0 Å². The van der Waals surface area contributed by atoms with Gasteiger partial charge in [0.25, 0.3) is 0 Å². The summed E-state index contributed by atoms with van der Waals surface area (Å²) in [7, 11) is 0. The summed E-state index contributed by atoms with van der Waals surface area (Å²) < 4.78 is 18.2. The van der Waals surface area contributed by atoms with Gasteiger partial charge in [0, 0.05) is 18.9 Å². The largest absolute Gasteiger partial charge is 0.494 e. The predicted octanol–water partition coefficient (Wildman–Crippen LogP) is 4.15. The number of nitrogens with one attached hydrogen (secondary N) is 1. The van der Waals surface area contributed by atoms with E-state index in [2.05, 4.69) is 10.3 Å². The molecule has 5 heteroatoms. The first-order valence-corrected chi connectivity index (χ1v) is 6.85. The highest BCUT2D eigenvalue weighted by Gasteiger charge is 1.98. The highest BCUT2D eigenvalue weighted by atomic mass is 35.5. The molecule has 20 heavy (non-hydrogen) atoms. The molecule has 0 unspecified atom stereocenters. The number of halogens is 2. The van der Waals surface area contributed by atoms with Crippen molar-refractivity contribution in [2.24, 2.45) is 0 Å². The number of anilines is 1. The molecule has 0 saturated heterocycles. The molecule has 0 aliphatic rings. The molecular weight excluding hydrogens is 279 g/mol. The zero-order valence-corrected chi connectivity index (χ0v) is 11.7. The van der Waals surface area contributed by atoms with Gasteiger partial charge in [-0.05, 0) is 43.2 Å². The van der Waals surface area contributed by atoms with Gasteiger partial charge in [0.2, 0.25) is 0 Å². The van der Waals surface area contributed by atoms with Gasteiger partial charge < -0.3 is 10.1 Å². The van der Waals surface area contributed by atoms with Crippen molar-refractivity contribution in [3.63, 3.8) is 0 Å². The van der Waals surface area contributed by atoms with Crippen molar-refractivity contribution in [1.82, 2.24) is 4.98 Å². The van der Waals surface area contributed by atoms with Crippen LogP contribution in [0.25, 0.3) is 0 Å². The fraction of sp³-hybridized carbons (Fsp3) is 0.267. The first kappa shape index (κ1) is 14.6. The van der Waals surface area contributed by atoms with Gasteiger partial charge in [-0.2, -0.15) is 0 Å².